The van der Waals surface area contributed by atoms with Crippen molar-refractivity contribution < 1.29 is 14.3 Å². The average molecular weight is 452 g/mol. The fraction of sp³-hybridized carbons (Fsp3) is 0.250. The van der Waals surface area contributed by atoms with E-state index >= 15 is 0 Å². The molecule has 1 aliphatic heterocycles. The molecule has 0 aromatic heterocycles. The van der Waals surface area contributed by atoms with Crippen molar-refractivity contribution in [3.8, 4) is 5.75 Å². The molecule has 2 aromatic carbocycles. The zero-order chi connectivity index (χ0) is 21.0. The molecule has 6 nitrogen and oxygen atoms in total. The highest BCUT2D eigenvalue weighted by molar-refractivity contribution is 8.15. The summed E-state index contributed by atoms with van der Waals surface area (Å²) >= 11 is 13.3. The highest BCUT2D eigenvalue weighted by atomic mass is 35.5. The molecule has 1 unspecified atom stereocenters. The minimum absolute atomic E-state index is 0.0782. The summed E-state index contributed by atoms with van der Waals surface area (Å²) in [6, 6.07) is 12.0. The van der Waals surface area contributed by atoms with Crippen molar-refractivity contribution in [2.75, 3.05) is 19.0 Å². The largest absolute Gasteiger partial charge is 0.495 e. The molecule has 1 heterocycles. The minimum atomic E-state index is -0.622. The third-order valence-corrected chi connectivity index (χ3v) is 5.81. The van der Waals surface area contributed by atoms with Crippen molar-refractivity contribution >= 4 is 63.3 Å². The number of hydrogen-bond donors (Lipinski definition) is 1. The molecule has 29 heavy (non-hydrogen) atoms. The molecule has 2 aromatic rings. The summed E-state index contributed by atoms with van der Waals surface area (Å²) in [5.41, 5.74) is 1.06. The first-order valence-electron chi connectivity index (χ1n) is 8.87. The van der Waals surface area contributed by atoms with Gasteiger partial charge in [-0.25, -0.2) is 4.99 Å². The lowest BCUT2D eigenvalue weighted by Crippen LogP contribution is -2.45. The molecule has 0 bridgehead atoms. The van der Waals surface area contributed by atoms with Gasteiger partial charge in [0.2, 0.25) is 11.8 Å². The topological polar surface area (TPSA) is 71.0 Å². The van der Waals surface area contributed by atoms with Gasteiger partial charge in [-0.1, -0.05) is 47.1 Å². The Labute approximate surface area is 183 Å². The lowest BCUT2D eigenvalue weighted by Gasteiger charge is -2.31. The minimum Gasteiger partial charge on any atom is -0.495 e. The number of halogens is 2. The molecule has 1 saturated heterocycles. The van der Waals surface area contributed by atoms with Gasteiger partial charge in [0.25, 0.3) is 0 Å². The van der Waals surface area contributed by atoms with Crippen molar-refractivity contribution in [1.29, 1.82) is 0 Å². The van der Waals surface area contributed by atoms with E-state index < -0.39 is 5.25 Å². The maximum absolute atomic E-state index is 12.8. The SMILES string of the molecule is CCN1C(=O)CC(C(=O)Nc2ccccc2OC)SC1=Nc1cc(Cl)cc(Cl)c1. The Kier molecular flexibility index (Phi) is 7.05. The predicted molar refractivity (Wildman–Crippen MR) is 119 cm³/mol. The first-order chi connectivity index (χ1) is 13.9. The quantitative estimate of drug-likeness (QED) is 0.695. The Morgan fingerprint density at radius 2 is 1.97 bits per heavy atom. The van der Waals surface area contributed by atoms with E-state index in [0.717, 1.165) is 0 Å². The van der Waals surface area contributed by atoms with Crippen molar-refractivity contribution in [2.24, 2.45) is 4.99 Å². The molecule has 1 fully saturated rings. The van der Waals surface area contributed by atoms with Crippen molar-refractivity contribution in [1.82, 2.24) is 4.90 Å². The number of rotatable bonds is 5. The number of thioether (sulfide) groups is 1. The number of nitrogens with one attached hydrogen (secondary N) is 1. The summed E-state index contributed by atoms with van der Waals surface area (Å²) in [5.74, 6) is 0.0874. The van der Waals surface area contributed by atoms with Crippen LogP contribution in [0.5, 0.6) is 5.75 Å². The molecule has 3 rings (SSSR count). The molecule has 2 amide bonds. The van der Waals surface area contributed by atoms with Gasteiger partial charge in [0.15, 0.2) is 5.17 Å². The zero-order valence-electron chi connectivity index (χ0n) is 15.8. The van der Waals surface area contributed by atoms with Gasteiger partial charge < -0.3 is 10.1 Å². The molecule has 1 N–H and O–H groups in total. The molecule has 0 aliphatic carbocycles. The van der Waals surface area contributed by atoms with E-state index in [1.54, 1.807) is 41.3 Å². The lowest BCUT2D eigenvalue weighted by molar-refractivity contribution is -0.129. The van der Waals surface area contributed by atoms with E-state index in [2.05, 4.69) is 10.3 Å². The zero-order valence-corrected chi connectivity index (χ0v) is 18.1. The van der Waals surface area contributed by atoms with Crippen LogP contribution in [0.25, 0.3) is 0 Å². The van der Waals surface area contributed by atoms with E-state index in [1.165, 1.54) is 18.9 Å². The number of aliphatic imine (C=N–C) groups is 1. The number of anilines is 1. The number of methoxy groups -OCH3 is 1. The number of carbonyl (C=O) groups excluding carboxylic acids is 2. The van der Waals surface area contributed by atoms with Crippen molar-refractivity contribution in [2.45, 2.75) is 18.6 Å². The molecule has 1 aliphatic rings. The van der Waals surface area contributed by atoms with Gasteiger partial charge >= 0.3 is 0 Å². The Morgan fingerprint density at radius 3 is 2.62 bits per heavy atom. The van der Waals surface area contributed by atoms with Gasteiger partial charge in [0.1, 0.15) is 11.0 Å². The molecular weight excluding hydrogens is 433 g/mol. The number of hydrogen-bond acceptors (Lipinski definition) is 5. The Hall–Kier alpha value is -2.22. The maximum Gasteiger partial charge on any atom is 0.238 e. The van der Waals surface area contributed by atoms with E-state index in [1.807, 2.05) is 13.0 Å². The fourth-order valence-corrected chi connectivity index (χ4v) is 4.51. The first kappa shape index (κ1) is 21.5. The standard InChI is InChI=1S/C20H19Cl2N3O3S/c1-3-25-18(26)11-17(19(27)24-15-6-4-5-7-16(15)28-2)29-20(25)23-14-9-12(21)8-13(22)10-14/h4-10,17H,3,11H2,1-2H3,(H,24,27). The fourth-order valence-electron chi connectivity index (χ4n) is 2.83. The van der Waals surface area contributed by atoms with Gasteiger partial charge in [0, 0.05) is 23.0 Å². The van der Waals surface area contributed by atoms with Crippen LogP contribution in [0.1, 0.15) is 13.3 Å². The van der Waals surface area contributed by atoms with Crippen LogP contribution in [0.15, 0.2) is 47.5 Å². The number of benzene rings is 2. The summed E-state index contributed by atoms with van der Waals surface area (Å²) < 4.78 is 5.27. The normalized spacial score (nSPS) is 18.1. The highest BCUT2D eigenvalue weighted by Gasteiger charge is 2.35. The summed E-state index contributed by atoms with van der Waals surface area (Å²) in [6.45, 7) is 2.30. The third kappa shape index (κ3) is 5.23. The number of para-hydroxylation sites is 2. The molecule has 152 valence electrons. The summed E-state index contributed by atoms with van der Waals surface area (Å²) in [5, 5.41) is 3.53. The molecular formula is C20H19Cl2N3O3S. The van der Waals surface area contributed by atoms with Crippen LogP contribution in [0, 0.1) is 0 Å². The first-order valence-corrected chi connectivity index (χ1v) is 10.5. The van der Waals surface area contributed by atoms with Gasteiger partial charge in [0.05, 0.1) is 18.5 Å². The number of nitrogens with zero attached hydrogens (tertiary/aromatic N) is 2. The van der Waals surface area contributed by atoms with E-state index in [0.29, 0.717) is 38.9 Å². The number of amides is 2. The second kappa shape index (κ2) is 9.52. The summed E-state index contributed by atoms with van der Waals surface area (Å²) in [6.07, 6.45) is 0.0782. The van der Waals surface area contributed by atoms with Crippen LogP contribution in [-0.4, -0.2) is 40.8 Å². The van der Waals surface area contributed by atoms with Crippen LogP contribution in [-0.2, 0) is 9.59 Å². The number of ether oxygens (including phenoxy) is 1. The van der Waals surface area contributed by atoms with Crippen molar-refractivity contribution in [3.63, 3.8) is 0 Å². The van der Waals surface area contributed by atoms with Crippen LogP contribution in [0.2, 0.25) is 10.0 Å². The molecule has 0 spiro atoms. The van der Waals surface area contributed by atoms with Gasteiger partial charge in [-0.05, 0) is 37.3 Å². The highest BCUT2D eigenvalue weighted by Crippen LogP contribution is 2.32. The molecule has 0 saturated carbocycles. The van der Waals surface area contributed by atoms with Crippen LogP contribution in [0.3, 0.4) is 0 Å². The summed E-state index contributed by atoms with van der Waals surface area (Å²) in [4.78, 5) is 31.5. The van der Waals surface area contributed by atoms with Gasteiger partial charge in [-0.15, -0.1) is 0 Å². The monoisotopic (exact) mass is 451 g/mol. The molecule has 0 radical (unpaired) electrons. The van der Waals surface area contributed by atoms with Gasteiger partial charge in [-0.3, -0.25) is 14.5 Å². The van der Waals surface area contributed by atoms with E-state index in [9.17, 15) is 9.59 Å². The third-order valence-electron chi connectivity index (χ3n) is 4.19. The van der Waals surface area contributed by atoms with Crippen molar-refractivity contribution in [3.05, 3.63) is 52.5 Å². The van der Waals surface area contributed by atoms with Gasteiger partial charge in [-0.2, -0.15) is 0 Å². The Balaban J connectivity index is 1.85. The smallest absolute Gasteiger partial charge is 0.238 e. The van der Waals surface area contributed by atoms with Crippen LogP contribution >= 0.6 is 35.0 Å². The number of carbonyl (C=O) groups is 2. The summed E-state index contributed by atoms with van der Waals surface area (Å²) in [7, 11) is 1.53. The van der Waals surface area contributed by atoms with E-state index in [4.69, 9.17) is 27.9 Å². The second-order valence-corrected chi connectivity index (χ2v) is 8.20. The molecule has 9 heteroatoms. The Morgan fingerprint density at radius 1 is 1.28 bits per heavy atom. The van der Waals surface area contributed by atoms with Crippen LogP contribution in [0.4, 0.5) is 11.4 Å². The average Bonchev–Trinajstić information content (AvgIpc) is 2.67. The lowest BCUT2D eigenvalue weighted by atomic mass is 10.2. The Bertz CT molecular complexity index is 947. The van der Waals surface area contributed by atoms with E-state index in [-0.39, 0.29) is 18.2 Å². The van der Waals surface area contributed by atoms with Crippen LogP contribution < -0.4 is 10.1 Å². The predicted octanol–water partition coefficient (Wildman–Crippen LogP) is 4.98. The molecule has 1 atom stereocenters. The second-order valence-electron chi connectivity index (χ2n) is 6.16. The number of amidine groups is 1. The maximum atomic E-state index is 12.8.